The Labute approximate surface area is 162 Å². The van der Waals surface area contributed by atoms with Crippen LogP contribution in [0.4, 0.5) is 0 Å². The molecule has 0 radical (unpaired) electrons. The zero-order chi connectivity index (χ0) is 18.9. The van der Waals surface area contributed by atoms with Gasteiger partial charge in [-0.3, -0.25) is 9.78 Å². The van der Waals surface area contributed by atoms with Crippen molar-refractivity contribution in [3.05, 3.63) is 78.0 Å². The molecule has 3 aromatic rings. The van der Waals surface area contributed by atoms with E-state index in [0.717, 1.165) is 16.9 Å². The summed E-state index contributed by atoms with van der Waals surface area (Å²) in [7, 11) is 0. The highest BCUT2D eigenvalue weighted by Gasteiger charge is 2.13. The molecule has 1 heterocycles. The molecular weight excluding hydrogens is 360 g/mol. The molecule has 0 saturated carbocycles. The number of carbonyl (C=O) groups is 2. The quantitative estimate of drug-likeness (QED) is 0.479. The number of nitrogens with zero attached hydrogens (tertiary/aromatic N) is 1. The van der Waals surface area contributed by atoms with Gasteiger partial charge < -0.3 is 10.1 Å². The monoisotopic (exact) mass is 380 g/mol. The van der Waals surface area contributed by atoms with Gasteiger partial charge in [-0.15, -0.1) is 0 Å². The first-order valence-electron chi connectivity index (χ1n) is 8.63. The van der Waals surface area contributed by atoms with Crippen molar-refractivity contribution in [2.24, 2.45) is 0 Å². The minimum absolute atomic E-state index is 0.300. The first-order valence-corrected chi connectivity index (χ1v) is 9.79. The number of fused-ring (bicyclic) bond motifs is 1. The van der Waals surface area contributed by atoms with E-state index in [1.807, 2.05) is 30.3 Å². The molecule has 0 aliphatic heterocycles. The molecule has 6 heteroatoms. The fourth-order valence-corrected chi connectivity index (χ4v) is 3.37. The Morgan fingerprint density at radius 1 is 1.00 bits per heavy atom. The summed E-state index contributed by atoms with van der Waals surface area (Å²) in [6, 6.07) is 19.1. The van der Waals surface area contributed by atoms with E-state index in [9.17, 15) is 9.59 Å². The maximum Gasteiger partial charge on any atom is 0.340 e. The Bertz CT molecular complexity index is 910. The van der Waals surface area contributed by atoms with Gasteiger partial charge in [0.1, 0.15) is 0 Å². The van der Waals surface area contributed by atoms with E-state index in [4.69, 9.17) is 4.74 Å². The largest absolute Gasteiger partial charge is 0.452 e. The van der Waals surface area contributed by atoms with Crippen molar-refractivity contribution < 1.29 is 14.3 Å². The first-order chi connectivity index (χ1) is 13.2. The molecule has 0 saturated heterocycles. The topological polar surface area (TPSA) is 68.3 Å². The summed E-state index contributed by atoms with van der Waals surface area (Å²) >= 11 is 1.74. The van der Waals surface area contributed by atoms with E-state index < -0.39 is 5.97 Å². The van der Waals surface area contributed by atoms with Gasteiger partial charge in [-0.1, -0.05) is 48.5 Å². The lowest BCUT2D eigenvalue weighted by Crippen LogP contribution is -2.30. The van der Waals surface area contributed by atoms with E-state index in [-0.39, 0.29) is 12.5 Å². The van der Waals surface area contributed by atoms with Crippen molar-refractivity contribution in [2.75, 3.05) is 18.9 Å². The van der Waals surface area contributed by atoms with Crippen LogP contribution in [-0.4, -0.2) is 35.8 Å². The number of amides is 1. The molecule has 1 N–H and O–H groups in total. The van der Waals surface area contributed by atoms with Crippen LogP contribution in [0.15, 0.2) is 66.9 Å². The van der Waals surface area contributed by atoms with Crippen LogP contribution in [0.5, 0.6) is 0 Å². The number of para-hydroxylation sites is 1. The van der Waals surface area contributed by atoms with E-state index in [0.29, 0.717) is 17.6 Å². The lowest BCUT2D eigenvalue weighted by Gasteiger charge is -2.08. The van der Waals surface area contributed by atoms with Gasteiger partial charge in [0, 0.05) is 29.6 Å². The molecule has 2 aromatic carbocycles. The SMILES string of the molecule is O=C(COC(=O)c1cccc2cccnc12)NCCSCc1ccccc1. The summed E-state index contributed by atoms with van der Waals surface area (Å²) < 4.78 is 5.13. The zero-order valence-corrected chi connectivity index (χ0v) is 15.6. The molecule has 0 bridgehead atoms. The number of esters is 1. The fourth-order valence-electron chi connectivity index (χ4n) is 2.56. The second-order valence-corrected chi connectivity index (χ2v) is 6.95. The number of rotatable bonds is 8. The van der Waals surface area contributed by atoms with Gasteiger partial charge in [0.25, 0.3) is 5.91 Å². The summed E-state index contributed by atoms with van der Waals surface area (Å²) in [5.41, 5.74) is 2.19. The molecule has 1 aromatic heterocycles. The maximum atomic E-state index is 12.2. The summed E-state index contributed by atoms with van der Waals surface area (Å²) in [4.78, 5) is 28.3. The number of thioether (sulfide) groups is 1. The number of carbonyl (C=O) groups excluding carboxylic acids is 2. The third-order valence-corrected chi connectivity index (χ3v) is 4.90. The van der Waals surface area contributed by atoms with Crippen LogP contribution >= 0.6 is 11.8 Å². The van der Waals surface area contributed by atoms with Crippen LogP contribution < -0.4 is 5.32 Å². The Balaban J connectivity index is 1.39. The number of ether oxygens (including phenoxy) is 1. The molecule has 0 aliphatic carbocycles. The molecule has 27 heavy (non-hydrogen) atoms. The van der Waals surface area contributed by atoms with Crippen molar-refractivity contribution in [1.82, 2.24) is 10.3 Å². The fraction of sp³-hybridized carbons (Fsp3) is 0.190. The van der Waals surface area contributed by atoms with Crippen molar-refractivity contribution in [3.8, 4) is 0 Å². The Morgan fingerprint density at radius 3 is 2.67 bits per heavy atom. The molecule has 138 valence electrons. The molecule has 0 unspecified atom stereocenters. The normalized spacial score (nSPS) is 10.5. The highest BCUT2D eigenvalue weighted by atomic mass is 32.2. The van der Waals surface area contributed by atoms with Crippen LogP contribution in [-0.2, 0) is 15.3 Å². The van der Waals surface area contributed by atoms with Gasteiger partial charge in [0.2, 0.25) is 0 Å². The number of pyridine rings is 1. The van der Waals surface area contributed by atoms with Gasteiger partial charge in [-0.25, -0.2) is 4.79 Å². The molecule has 3 rings (SSSR count). The van der Waals surface area contributed by atoms with Gasteiger partial charge in [0.05, 0.1) is 11.1 Å². The number of nitrogens with one attached hydrogen (secondary N) is 1. The molecule has 0 atom stereocenters. The van der Waals surface area contributed by atoms with Crippen LogP contribution in [0.1, 0.15) is 15.9 Å². The van der Waals surface area contributed by atoms with Crippen LogP contribution in [0, 0.1) is 0 Å². The molecular formula is C21H20N2O3S. The standard InChI is InChI=1S/C21H20N2O3S/c24-19(22-12-13-27-15-16-6-2-1-3-7-16)14-26-21(25)18-10-4-8-17-9-5-11-23-20(17)18/h1-11H,12-15H2,(H,22,24). The lowest BCUT2D eigenvalue weighted by molar-refractivity contribution is -0.124. The number of hydrogen-bond acceptors (Lipinski definition) is 5. The number of hydrogen-bond donors (Lipinski definition) is 1. The van der Waals surface area contributed by atoms with Gasteiger partial charge >= 0.3 is 5.97 Å². The predicted octanol–water partition coefficient (Wildman–Crippen LogP) is 3.44. The molecule has 0 spiro atoms. The van der Waals surface area contributed by atoms with Crippen molar-refractivity contribution in [2.45, 2.75) is 5.75 Å². The average Bonchev–Trinajstić information content (AvgIpc) is 2.72. The minimum atomic E-state index is -0.548. The summed E-state index contributed by atoms with van der Waals surface area (Å²) in [5, 5.41) is 3.61. The number of benzene rings is 2. The molecule has 1 amide bonds. The van der Waals surface area contributed by atoms with E-state index in [2.05, 4.69) is 22.4 Å². The summed E-state index contributed by atoms with van der Waals surface area (Å²) in [6.07, 6.45) is 1.62. The Morgan fingerprint density at radius 2 is 1.81 bits per heavy atom. The van der Waals surface area contributed by atoms with Crippen molar-refractivity contribution >= 4 is 34.5 Å². The zero-order valence-electron chi connectivity index (χ0n) is 14.8. The van der Waals surface area contributed by atoms with Crippen molar-refractivity contribution in [1.29, 1.82) is 0 Å². The predicted molar refractivity (Wildman–Crippen MR) is 108 cm³/mol. The summed E-state index contributed by atoms with van der Waals surface area (Å²) in [6.45, 7) is 0.231. The number of aromatic nitrogens is 1. The Hall–Kier alpha value is -2.86. The Kier molecular flexibility index (Phi) is 6.82. The van der Waals surface area contributed by atoms with E-state index >= 15 is 0 Å². The third-order valence-electron chi connectivity index (χ3n) is 3.87. The molecule has 0 aliphatic rings. The van der Waals surface area contributed by atoms with E-state index in [1.165, 1.54) is 5.56 Å². The van der Waals surface area contributed by atoms with Crippen LogP contribution in [0.2, 0.25) is 0 Å². The van der Waals surface area contributed by atoms with Crippen LogP contribution in [0.3, 0.4) is 0 Å². The second kappa shape index (κ2) is 9.73. The molecule has 0 fully saturated rings. The third kappa shape index (κ3) is 5.56. The highest BCUT2D eigenvalue weighted by Crippen LogP contribution is 2.16. The van der Waals surface area contributed by atoms with Crippen molar-refractivity contribution in [3.63, 3.8) is 0 Å². The van der Waals surface area contributed by atoms with Gasteiger partial charge in [0.15, 0.2) is 6.61 Å². The maximum absolute atomic E-state index is 12.2. The molecule has 5 nitrogen and oxygen atoms in total. The minimum Gasteiger partial charge on any atom is -0.452 e. The summed E-state index contributed by atoms with van der Waals surface area (Å²) in [5.74, 6) is 0.839. The van der Waals surface area contributed by atoms with Crippen LogP contribution in [0.25, 0.3) is 10.9 Å². The van der Waals surface area contributed by atoms with Gasteiger partial charge in [-0.2, -0.15) is 11.8 Å². The second-order valence-electron chi connectivity index (χ2n) is 5.84. The average molecular weight is 380 g/mol. The lowest BCUT2D eigenvalue weighted by atomic mass is 10.1. The first kappa shape index (κ1) is 18.9. The smallest absolute Gasteiger partial charge is 0.340 e. The van der Waals surface area contributed by atoms with Gasteiger partial charge in [-0.05, 0) is 17.7 Å². The highest BCUT2D eigenvalue weighted by molar-refractivity contribution is 7.98. The van der Waals surface area contributed by atoms with E-state index in [1.54, 1.807) is 36.2 Å².